The number of anilines is 1. The zero-order valence-electron chi connectivity index (χ0n) is 14.3. The van der Waals surface area contributed by atoms with E-state index in [9.17, 15) is 9.59 Å². The van der Waals surface area contributed by atoms with Gasteiger partial charge in [-0.1, -0.05) is 0 Å². The van der Waals surface area contributed by atoms with Crippen LogP contribution in [-0.4, -0.2) is 38.3 Å². The molecule has 0 atom stereocenters. The van der Waals surface area contributed by atoms with Crippen LogP contribution >= 0.6 is 22.7 Å². The van der Waals surface area contributed by atoms with Crippen molar-refractivity contribution in [2.45, 2.75) is 26.3 Å². The van der Waals surface area contributed by atoms with Gasteiger partial charge in [0.1, 0.15) is 0 Å². The van der Waals surface area contributed by atoms with E-state index in [-0.39, 0.29) is 17.4 Å². The molecule has 0 aromatic carbocycles. The highest BCUT2D eigenvalue weighted by Crippen LogP contribution is 2.21. The summed E-state index contributed by atoms with van der Waals surface area (Å²) >= 11 is 2.91. The average Bonchev–Trinajstić information content (AvgIpc) is 3.25. The molecule has 3 aromatic heterocycles. The lowest BCUT2D eigenvalue weighted by Gasteiger charge is -2.30. The summed E-state index contributed by atoms with van der Waals surface area (Å²) in [6.45, 7) is 4.19. The number of carbonyl (C=O) groups excluding carboxylic acids is 1. The van der Waals surface area contributed by atoms with Crippen molar-refractivity contribution >= 4 is 38.7 Å². The Morgan fingerprint density at radius 2 is 2.15 bits per heavy atom. The maximum atomic E-state index is 12.3. The van der Waals surface area contributed by atoms with Crippen molar-refractivity contribution < 1.29 is 4.79 Å². The normalized spacial score (nSPS) is 16.2. The van der Waals surface area contributed by atoms with E-state index in [4.69, 9.17) is 0 Å². The maximum absolute atomic E-state index is 12.3. The highest BCUT2D eigenvalue weighted by molar-refractivity contribution is 7.15. The molecular weight excluding hydrogens is 370 g/mol. The van der Waals surface area contributed by atoms with Gasteiger partial charge in [0, 0.05) is 41.2 Å². The van der Waals surface area contributed by atoms with Gasteiger partial charge in [0.25, 0.3) is 5.56 Å². The Balaban J connectivity index is 1.36. The van der Waals surface area contributed by atoms with E-state index in [1.165, 1.54) is 22.7 Å². The number of hydrogen-bond donors (Lipinski definition) is 1. The Morgan fingerprint density at radius 1 is 1.35 bits per heavy atom. The third-order valence-electron chi connectivity index (χ3n) is 4.64. The Morgan fingerprint density at radius 3 is 2.88 bits per heavy atom. The van der Waals surface area contributed by atoms with Gasteiger partial charge < -0.3 is 5.32 Å². The number of amides is 1. The third kappa shape index (κ3) is 3.55. The Bertz CT molecular complexity index is 971. The highest BCUT2D eigenvalue weighted by atomic mass is 32.1. The molecule has 4 heterocycles. The molecule has 7 nitrogen and oxygen atoms in total. The van der Waals surface area contributed by atoms with Crippen LogP contribution in [0.4, 0.5) is 5.13 Å². The molecule has 0 spiro atoms. The zero-order valence-corrected chi connectivity index (χ0v) is 16.0. The molecule has 136 valence electrons. The topological polar surface area (TPSA) is 79.6 Å². The average molecular weight is 390 g/mol. The fraction of sp³-hybridized carbons (Fsp3) is 0.412. The van der Waals surface area contributed by atoms with Crippen molar-refractivity contribution in [1.82, 2.24) is 19.3 Å². The second-order valence-corrected chi connectivity index (χ2v) is 8.19. The van der Waals surface area contributed by atoms with Crippen LogP contribution in [0.2, 0.25) is 0 Å². The molecule has 0 aliphatic carbocycles. The summed E-state index contributed by atoms with van der Waals surface area (Å²) in [5, 5.41) is 7.33. The SMILES string of the molecule is Cc1csc2nc(CN3CCC(C(=O)Nc4nccs4)CC3)cc(=O)n12. The predicted octanol–water partition coefficient (Wildman–Crippen LogP) is 2.37. The van der Waals surface area contributed by atoms with Gasteiger partial charge in [-0.25, -0.2) is 9.97 Å². The van der Waals surface area contributed by atoms with Gasteiger partial charge in [0.05, 0.1) is 5.69 Å². The van der Waals surface area contributed by atoms with Crippen LogP contribution in [0.1, 0.15) is 24.2 Å². The number of piperidine rings is 1. The number of aryl methyl sites for hydroxylation is 1. The summed E-state index contributed by atoms with van der Waals surface area (Å²) in [5.41, 5.74) is 1.69. The molecule has 1 saturated heterocycles. The van der Waals surface area contributed by atoms with E-state index in [0.29, 0.717) is 11.7 Å². The molecule has 26 heavy (non-hydrogen) atoms. The van der Waals surface area contributed by atoms with Gasteiger partial charge in [0.2, 0.25) is 5.91 Å². The van der Waals surface area contributed by atoms with Crippen LogP contribution in [0.25, 0.3) is 4.96 Å². The molecule has 1 aliphatic heterocycles. The van der Waals surface area contributed by atoms with Crippen LogP contribution in [-0.2, 0) is 11.3 Å². The number of rotatable bonds is 4. The first kappa shape index (κ1) is 17.3. The molecule has 4 rings (SSSR count). The van der Waals surface area contributed by atoms with Gasteiger partial charge in [-0.3, -0.25) is 18.9 Å². The predicted molar refractivity (Wildman–Crippen MR) is 103 cm³/mol. The van der Waals surface area contributed by atoms with Gasteiger partial charge in [-0.15, -0.1) is 22.7 Å². The molecule has 9 heteroatoms. The highest BCUT2D eigenvalue weighted by Gasteiger charge is 2.25. The van der Waals surface area contributed by atoms with Crippen molar-refractivity contribution in [3.05, 3.63) is 44.8 Å². The summed E-state index contributed by atoms with van der Waals surface area (Å²) in [6, 6.07) is 1.62. The van der Waals surface area contributed by atoms with Crippen molar-refractivity contribution in [3.63, 3.8) is 0 Å². The first-order valence-electron chi connectivity index (χ1n) is 8.49. The van der Waals surface area contributed by atoms with Crippen LogP contribution in [0.15, 0.2) is 27.8 Å². The number of carbonyl (C=O) groups is 1. The number of hydrogen-bond acceptors (Lipinski definition) is 7. The van der Waals surface area contributed by atoms with Crippen LogP contribution in [0.3, 0.4) is 0 Å². The second-order valence-electron chi connectivity index (χ2n) is 6.46. The summed E-state index contributed by atoms with van der Waals surface area (Å²) in [6.07, 6.45) is 3.29. The van der Waals surface area contributed by atoms with Gasteiger partial charge in [0.15, 0.2) is 10.1 Å². The van der Waals surface area contributed by atoms with E-state index in [2.05, 4.69) is 20.2 Å². The van der Waals surface area contributed by atoms with E-state index >= 15 is 0 Å². The van der Waals surface area contributed by atoms with Crippen molar-refractivity contribution in [3.8, 4) is 0 Å². The summed E-state index contributed by atoms with van der Waals surface area (Å²) in [4.78, 5) is 36.3. The minimum atomic E-state index is -0.0264. The van der Waals surface area contributed by atoms with Crippen molar-refractivity contribution in [1.29, 1.82) is 0 Å². The third-order valence-corrected chi connectivity index (χ3v) is 6.27. The molecule has 0 bridgehead atoms. The second kappa shape index (κ2) is 7.26. The fourth-order valence-corrected chi connectivity index (χ4v) is 4.68. The number of thiazole rings is 2. The quantitative estimate of drug-likeness (QED) is 0.741. The largest absolute Gasteiger partial charge is 0.302 e. The van der Waals surface area contributed by atoms with Crippen molar-refractivity contribution in [2.75, 3.05) is 18.4 Å². The molecule has 1 amide bonds. The minimum Gasteiger partial charge on any atom is -0.302 e. The Hall–Kier alpha value is -2.10. The lowest BCUT2D eigenvalue weighted by molar-refractivity contribution is -0.121. The molecule has 0 saturated carbocycles. The van der Waals surface area contributed by atoms with Gasteiger partial charge >= 0.3 is 0 Å². The molecule has 1 aliphatic rings. The number of fused-ring (bicyclic) bond motifs is 1. The Kier molecular flexibility index (Phi) is 4.84. The molecule has 3 aromatic rings. The number of aromatic nitrogens is 3. The molecule has 1 fully saturated rings. The van der Waals surface area contributed by atoms with E-state index in [1.54, 1.807) is 16.7 Å². The van der Waals surface area contributed by atoms with E-state index in [0.717, 1.165) is 42.3 Å². The van der Waals surface area contributed by atoms with Crippen LogP contribution in [0, 0.1) is 12.8 Å². The van der Waals surface area contributed by atoms with E-state index in [1.807, 2.05) is 17.7 Å². The van der Waals surface area contributed by atoms with Gasteiger partial charge in [-0.05, 0) is 32.9 Å². The molecule has 1 N–H and O–H groups in total. The molecular formula is C17H19N5O2S2. The molecule has 0 radical (unpaired) electrons. The fourth-order valence-electron chi connectivity index (χ4n) is 3.26. The summed E-state index contributed by atoms with van der Waals surface area (Å²) < 4.78 is 1.64. The first-order chi connectivity index (χ1) is 12.6. The Labute approximate surface area is 158 Å². The monoisotopic (exact) mass is 389 g/mol. The standard InChI is InChI=1S/C17H19N5O2S2/c1-11-10-26-17-19-13(8-14(23)22(11)17)9-21-5-2-12(3-6-21)15(24)20-16-18-4-7-25-16/h4,7-8,10,12H,2-3,5-6,9H2,1H3,(H,18,20,24). The summed E-state index contributed by atoms with van der Waals surface area (Å²) in [7, 11) is 0. The number of nitrogens with one attached hydrogen (secondary N) is 1. The van der Waals surface area contributed by atoms with Crippen LogP contribution < -0.4 is 10.9 Å². The first-order valence-corrected chi connectivity index (χ1v) is 10.3. The zero-order chi connectivity index (χ0) is 18.1. The molecule has 0 unspecified atom stereocenters. The lowest BCUT2D eigenvalue weighted by atomic mass is 9.96. The van der Waals surface area contributed by atoms with E-state index < -0.39 is 0 Å². The maximum Gasteiger partial charge on any atom is 0.259 e. The lowest BCUT2D eigenvalue weighted by Crippen LogP contribution is -2.38. The smallest absolute Gasteiger partial charge is 0.259 e. The summed E-state index contributed by atoms with van der Waals surface area (Å²) in [5.74, 6) is 0.0580. The van der Waals surface area contributed by atoms with Gasteiger partial charge in [-0.2, -0.15) is 0 Å². The number of nitrogens with zero attached hydrogens (tertiary/aromatic N) is 4. The number of likely N-dealkylation sites (tertiary alicyclic amines) is 1. The van der Waals surface area contributed by atoms with Crippen molar-refractivity contribution in [2.24, 2.45) is 5.92 Å². The van der Waals surface area contributed by atoms with Crippen LogP contribution in [0.5, 0.6) is 0 Å². The minimum absolute atomic E-state index is 0.0103.